The third kappa shape index (κ3) is 4.07. The summed E-state index contributed by atoms with van der Waals surface area (Å²) in [4.78, 5) is 11.4. The Morgan fingerprint density at radius 2 is 2.47 bits per heavy atom. The van der Waals surface area contributed by atoms with E-state index in [0.717, 1.165) is 6.42 Å². The summed E-state index contributed by atoms with van der Waals surface area (Å²) in [6, 6.07) is -0.145. The van der Waals surface area contributed by atoms with Gasteiger partial charge in [0.15, 0.2) is 0 Å². The predicted molar refractivity (Wildman–Crippen MR) is 53.9 cm³/mol. The molecule has 0 saturated carbocycles. The fourth-order valence-electron chi connectivity index (χ4n) is 1.14. The molecule has 0 aliphatic rings. The second-order valence-corrected chi connectivity index (χ2v) is 3.27. The summed E-state index contributed by atoms with van der Waals surface area (Å²) in [5.41, 5.74) is 0. The number of carbonyl (C=O) groups excluding carboxylic acids is 1. The normalized spacial score (nSPS) is 12.4. The van der Waals surface area contributed by atoms with E-state index in [1.54, 1.807) is 17.1 Å². The summed E-state index contributed by atoms with van der Waals surface area (Å²) in [5.74, 6) is -0.0774. The van der Waals surface area contributed by atoms with E-state index >= 15 is 0 Å². The average Bonchev–Trinajstić information content (AvgIpc) is 2.75. The van der Waals surface area contributed by atoms with Gasteiger partial charge in [0.05, 0.1) is 25.4 Å². The SMILES string of the molecule is CCC(CO)NC(=O)CCn1ccnn1. The molecule has 0 aromatic carbocycles. The van der Waals surface area contributed by atoms with Gasteiger partial charge in [0, 0.05) is 12.6 Å². The van der Waals surface area contributed by atoms with E-state index in [-0.39, 0.29) is 18.6 Å². The number of amides is 1. The summed E-state index contributed by atoms with van der Waals surface area (Å²) in [5, 5.41) is 19.0. The van der Waals surface area contributed by atoms with Crippen LogP contribution in [0.2, 0.25) is 0 Å². The first-order valence-electron chi connectivity index (χ1n) is 5.00. The molecule has 6 heteroatoms. The highest BCUT2D eigenvalue weighted by Gasteiger charge is 2.08. The Bertz CT molecular complexity index is 282. The number of nitrogens with one attached hydrogen (secondary N) is 1. The van der Waals surface area contributed by atoms with Gasteiger partial charge in [-0.25, -0.2) is 0 Å². The summed E-state index contributed by atoms with van der Waals surface area (Å²) in [6.45, 7) is 2.40. The third-order valence-electron chi connectivity index (χ3n) is 2.12. The molecule has 0 aliphatic carbocycles. The van der Waals surface area contributed by atoms with Gasteiger partial charge in [0.25, 0.3) is 0 Å². The van der Waals surface area contributed by atoms with Gasteiger partial charge in [0.1, 0.15) is 0 Å². The number of aryl methyl sites for hydroxylation is 1. The van der Waals surface area contributed by atoms with Crippen LogP contribution < -0.4 is 5.32 Å². The van der Waals surface area contributed by atoms with Crippen molar-refractivity contribution in [1.29, 1.82) is 0 Å². The number of aliphatic hydroxyl groups excluding tert-OH is 1. The lowest BCUT2D eigenvalue weighted by Gasteiger charge is -2.13. The molecule has 1 amide bonds. The number of aliphatic hydroxyl groups is 1. The van der Waals surface area contributed by atoms with E-state index in [9.17, 15) is 4.79 Å². The van der Waals surface area contributed by atoms with Crippen molar-refractivity contribution in [2.45, 2.75) is 32.4 Å². The van der Waals surface area contributed by atoms with Gasteiger partial charge in [0.2, 0.25) is 5.91 Å². The average molecular weight is 212 g/mol. The first-order valence-corrected chi connectivity index (χ1v) is 5.00. The van der Waals surface area contributed by atoms with E-state index < -0.39 is 0 Å². The van der Waals surface area contributed by atoms with Gasteiger partial charge < -0.3 is 10.4 Å². The van der Waals surface area contributed by atoms with Crippen LogP contribution in [-0.4, -0.2) is 38.7 Å². The lowest BCUT2D eigenvalue weighted by molar-refractivity contribution is -0.122. The maximum atomic E-state index is 11.4. The van der Waals surface area contributed by atoms with Crippen molar-refractivity contribution in [1.82, 2.24) is 20.3 Å². The van der Waals surface area contributed by atoms with E-state index in [1.807, 2.05) is 6.92 Å². The van der Waals surface area contributed by atoms with E-state index in [1.165, 1.54) is 0 Å². The minimum atomic E-state index is -0.145. The van der Waals surface area contributed by atoms with Crippen LogP contribution >= 0.6 is 0 Å². The minimum Gasteiger partial charge on any atom is -0.394 e. The largest absolute Gasteiger partial charge is 0.394 e. The Labute approximate surface area is 88.3 Å². The van der Waals surface area contributed by atoms with Gasteiger partial charge in [-0.1, -0.05) is 12.1 Å². The topological polar surface area (TPSA) is 80.0 Å². The molecule has 0 radical (unpaired) electrons. The number of aromatic nitrogens is 3. The molecule has 0 spiro atoms. The van der Waals surface area contributed by atoms with Crippen molar-refractivity contribution in [3.05, 3.63) is 12.4 Å². The van der Waals surface area contributed by atoms with Crippen LogP contribution in [0.1, 0.15) is 19.8 Å². The maximum Gasteiger partial charge on any atom is 0.222 e. The number of hydrogen-bond acceptors (Lipinski definition) is 4. The van der Waals surface area contributed by atoms with Crippen LogP contribution in [0.5, 0.6) is 0 Å². The highest BCUT2D eigenvalue weighted by molar-refractivity contribution is 5.76. The van der Waals surface area contributed by atoms with Crippen LogP contribution in [0, 0.1) is 0 Å². The lowest BCUT2D eigenvalue weighted by atomic mass is 10.2. The fraction of sp³-hybridized carbons (Fsp3) is 0.667. The molecule has 1 heterocycles. The zero-order valence-electron chi connectivity index (χ0n) is 8.76. The first-order chi connectivity index (χ1) is 7.26. The van der Waals surface area contributed by atoms with Crippen molar-refractivity contribution in [2.24, 2.45) is 0 Å². The van der Waals surface area contributed by atoms with E-state index in [4.69, 9.17) is 5.11 Å². The van der Waals surface area contributed by atoms with Crippen molar-refractivity contribution in [2.75, 3.05) is 6.61 Å². The monoisotopic (exact) mass is 212 g/mol. The number of hydrogen-bond donors (Lipinski definition) is 2. The molecule has 6 nitrogen and oxygen atoms in total. The van der Waals surface area contributed by atoms with Crippen LogP contribution in [-0.2, 0) is 11.3 Å². The molecule has 1 atom stereocenters. The van der Waals surface area contributed by atoms with Gasteiger partial charge in [-0.05, 0) is 6.42 Å². The fourth-order valence-corrected chi connectivity index (χ4v) is 1.14. The molecule has 84 valence electrons. The highest BCUT2D eigenvalue weighted by atomic mass is 16.3. The van der Waals surface area contributed by atoms with Gasteiger partial charge in [-0.3, -0.25) is 9.48 Å². The molecule has 0 bridgehead atoms. The predicted octanol–water partition coefficient (Wildman–Crippen LogP) is -0.445. The molecule has 2 N–H and O–H groups in total. The van der Waals surface area contributed by atoms with Crippen molar-refractivity contribution < 1.29 is 9.90 Å². The zero-order chi connectivity index (χ0) is 11.1. The van der Waals surface area contributed by atoms with Crippen LogP contribution in [0.4, 0.5) is 0 Å². The van der Waals surface area contributed by atoms with Crippen LogP contribution in [0.25, 0.3) is 0 Å². The summed E-state index contributed by atoms with van der Waals surface area (Å²) in [6.07, 6.45) is 4.35. The van der Waals surface area contributed by atoms with Gasteiger partial charge in [-0.2, -0.15) is 0 Å². The Morgan fingerprint density at radius 1 is 1.67 bits per heavy atom. The molecule has 15 heavy (non-hydrogen) atoms. The number of rotatable bonds is 6. The van der Waals surface area contributed by atoms with Crippen LogP contribution in [0.3, 0.4) is 0 Å². The number of carbonyl (C=O) groups is 1. The quantitative estimate of drug-likeness (QED) is 0.669. The smallest absolute Gasteiger partial charge is 0.222 e. The lowest BCUT2D eigenvalue weighted by Crippen LogP contribution is -2.37. The summed E-state index contributed by atoms with van der Waals surface area (Å²) < 4.78 is 1.60. The van der Waals surface area contributed by atoms with E-state index in [2.05, 4.69) is 15.6 Å². The molecule has 1 unspecified atom stereocenters. The van der Waals surface area contributed by atoms with Crippen molar-refractivity contribution in [3.8, 4) is 0 Å². The molecule has 0 fully saturated rings. The highest BCUT2D eigenvalue weighted by Crippen LogP contribution is 1.92. The molecule has 0 saturated heterocycles. The van der Waals surface area contributed by atoms with Crippen molar-refractivity contribution >= 4 is 5.91 Å². The summed E-state index contributed by atoms with van der Waals surface area (Å²) >= 11 is 0. The second-order valence-electron chi connectivity index (χ2n) is 3.27. The Morgan fingerprint density at radius 3 is 3.00 bits per heavy atom. The van der Waals surface area contributed by atoms with E-state index in [0.29, 0.717) is 13.0 Å². The van der Waals surface area contributed by atoms with Crippen molar-refractivity contribution in [3.63, 3.8) is 0 Å². The standard InChI is InChI=1S/C9H16N4O2/c1-2-8(7-14)11-9(15)3-5-13-6-4-10-12-13/h4,6,8,14H,2-3,5,7H2,1H3,(H,11,15). The second kappa shape index (κ2) is 6.13. The third-order valence-corrected chi connectivity index (χ3v) is 2.12. The zero-order valence-corrected chi connectivity index (χ0v) is 8.76. The molecular weight excluding hydrogens is 196 g/mol. The van der Waals surface area contributed by atoms with Crippen LogP contribution in [0.15, 0.2) is 12.4 Å². The maximum absolute atomic E-state index is 11.4. The summed E-state index contributed by atoms with van der Waals surface area (Å²) in [7, 11) is 0. The molecular formula is C9H16N4O2. The van der Waals surface area contributed by atoms with Gasteiger partial charge >= 0.3 is 0 Å². The molecule has 1 aromatic heterocycles. The molecule has 1 aromatic rings. The van der Waals surface area contributed by atoms with Gasteiger partial charge in [-0.15, -0.1) is 5.10 Å². The minimum absolute atomic E-state index is 0.0223. The Kier molecular flexibility index (Phi) is 4.76. The Hall–Kier alpha value is -1.43. The molecule has 1 rings (SSSR count). The first kappa shape index (κ1) is 11.6. The Balaban J connectivity index is 2.24. The molecule has 0 aliphatic heterocycles. The number of nitrogens with zero attached hydrogens (tertiary/aromatic N) is 3.